The van der Waals surface area contributed by atoms with Crippen LogP contribution in [0.1, 0.15) is 54.2 Å². The predicted molar refractivity (Wildman–Crippen MR) is 174 cm³/mol. The quantitative estimate of drug-likeness (QED) is 0.206. The molecular formula is C33H35F3N4O9S. The number of aliphatic carboxylic acids is 1. The monoisotopic (exact) mass is 720 g/mol. The number of carbonyl (C=O) groups excluding carboxylic acids is 3. The number of ether oxygens (including phenoxy) is 2. The Morgan fingerprint density at radius 2 is 1.70 bits per heavy atom. The number of primary amides is 1. The molecule has 0 saturated carbocycles. The number of anilines is 2. The van der Waals surface area contributed by atoms with Gasteiger partial charge in [0.25, 0.3) is 11.8 Å². The summed E-state index contributed by atoms with van der Waals surface area (Å²) in [5.41, 5.74) is 1.81. The molecule has 1 aliphatic heterocycles. The number of carbonyl (C=O) groups is 4. The molecule has 5 N–H and O–H groups in total. The lowest BCUT2D eigenvalue weighted by Crippen LogP contribution is -2.52. The van der Waals surface area contributed by atoms with Gasteiger partial charge >= 0.3 is 12.1 Å². The zero-order valence-electron chi connectivity index (χ0n) is 27.4. The van der Waals surface area contributed by atoms with E-state index in [1.165, 1.54) is 45.2 Å². The van der Waals surface area contributed by atoms with Gasteiger partial charge in [-0.15, -0.1) is 0 Å². The van der Waals surface area contributed by atoms with E-state index in [9.17, 15) is 36.7 Å². The summed E-state index contributed by atoms with van der Waals surface area (Å²) in [6.07, 6.45) is -1.31. The molecule has 3 unspecified atom stereocenters. The summed E-state index contributed by atoms with van der Waals surface area (Å²) in [4.78, 5) is 52.6. The van der Waals surface area contributed by atoms with Gasteiger partial charge in [-0.05, 0) is 60.4 Å². The Labute approximate surface area is 285 Å². The van der Waals surface area contributed by atoms with Gasteiger partial charge in [-0.3, -0.25) is 19.7 Å². The second-order valence-electron chi connectivity index (χ2n) is 11.4. The topological polar surface area (TPSA) is 194 Å². The molecule has 1 aliphatic rings. The van der Waals surface area contributed by atoms with E-state index in [2.05, 4.69) is 15.4 Å². The molecular weight excluding hydrogens is 685 g/mol. The molecule has 3 aromatic rings. The van der Waals surface area contributed by atoms with E-state index in [1.54, 1.807) is 0 Å². The third-order valence-corrected chi connectivity index (χ3v) is 10.5. The number of nitrogens with zero attached hydrogens (tertiary/aromatic N) is 1. The standard InChI is InChI=1S/C33H35F3N4O9S/c1-5-33(17-7-9-22(34)26(13-17)48-3,39-25-15-20(29(37)41)23(35)16-24(25)36)31(44)40-12-11-19(30(42)43)28(40)21-14-18(38-32(45)49-4)8-10-27(21)50(46,47)6-2/h7-10,13-16,19,28,39H,5-6,11-12H2,1-4H3,(H2,37,41)(H,38,45)(H,42,43). The smallest absolute Gasteiger partial charge is 0.411 e. The van der Waals surface area contributed by atoms with Gasteiger partial charge in [0.15, 0.2) is 21.4 Å². The third kappa shape index (κ3) is 7.03. The number of halogens is 3. The number of carboxylic acid groups (broad SMARTS) is 1. The molecule has 0 bridgehead atoms. The van der Waals surface area contributed by atoms with Crippen molar-refractivity contribution in [3.8, 4) is 5.75 Å². The predicted octanol–water partition coefficient (Wildman–Crippen LogP) is 4.58. The van der Waals surface area contributed by atoms with Gasteiger partial charge in [-0.25, -0.2) is 26.4 Å². The minimum atomic E-state index is -4.07. The molecule has 0 radical (unpaired) electrons. The highest BCUT2D eigenvalue weighted by Crippen LogP contribution is 2.45. The number of benzene rings is 3. The highest BCUT2D eigenvalue weighted by atomic mass is 32.2. The van der Waals surface area contributed by atoms with Gasteiger partial charge in [0, 0.05) is 18.3 Å². The minimum Gasteiger partial charge on any atom is -0.494 e. The molecule has 0 spiro atoms. The van der Waals surface area contributed by atoms with Crippen molar-refractivity contribution in [2.24, 2.45) is 11.7 Å². The van der Waals surface area contributed by atoms with Gasteiger partial charge in [-0.1, -0.05) is 19.9 Å². The summed E-state index contributed by atoms with van der Waals surface area (Å²) in [6, 6.07) is 6.70. The Morgan fingerprint density at radius 1 is 1.00 bits per heavy atom. The fourth-order valence-electron chi connectivity index (χ4n) is 6.06. The molecule has 50 heavy (non-hydrogen) atoms. The first-order valence-electron chi connectivity index (χ1n) is 15.2. The van der Waals surface area contributed by atoms with Gasteiger partial charge in [0.1, 0.15) is 17.2 Å². The molecule has 3 atom stereocenters. The lowest BCUT2D eigenvalue weighted by atomic mass is 9.83. The van der Waals surface area contributed by atoms with Crippen LogP contribution in [0.4, 0.5) is 29.3 Å². The number of hydrogen-bond donors (Lipinski definition) is 4. The van der Waals surface area contributed by atoms with Crippen molar-refractivity contribution >= 4 is 45.1 Å². The van der Waals surface area contributed by atoms with Crippen LogP contribution in [0.5, 0.6) is 5.75 Å². The summed E-state index contributed by atoms with van der Waals surface area (Å²) >= 11 is 0. The molecule has 1 heterocycles. The Bertz CT molecular complexity index is 1960. The fourth-order valence-corrected chi connectivity index (χ4v) is 7.18. The largest absolute Gasteiger partial charge is 0.494 e. The van der Waals surface area contributed by atoms with Gasteiger partial charge in [0.2, 0.25) is 0 Å². The zero-order chi connectivity index (χ0) is 37.1. The second-order valence-corrected chi connectivity index (χ2v) is 13.6. The summed E-state index contributed by atoms with van der Waals surface area (Å²) in [5, 5.41) is 15.5. The van der Waals surface area contributed by atoms with Crippen LogP contribution in [-0.4, -0.2) is 68.8 Å². The molecule has 17 heteroatoms. The third-order valence-electron chi connectivity index (χ3n) is 8.66. The Balaban J connectivity index is 2.02. The van der Waals surface area contributed by atoms with Crippen molar-refractivity contribution in [2.75, 3.05) is 37.2 Å². The normalized spacial score (nSPS) is 17.1. The molecule has 3 amide bonds. The van der Waals surface area contributed by atoms with E-state index in [1.807, 2.05) is 0 Å². The number of likely N-dealkylation sites (tertiary alicyclic amines) is 1. The van der Waals surface area contributed by atoms with Crippen molar-refractivity contribution in [3.05, 3.63) is 82.7 Å². The van der Waals surface area contributed by atoms with Crippen molar-refractivity contribution < 1.29 is 55.3 Å². The second kappa shape index (κ2) is 14.7. The number of methoxy groups -OCH3 is 2. The molecule has 0 aromatic heterocycles. The van der Waals surface area contributed by atoms with E-state index in [4.69, 9.17) is 10.5 Å². The lowest BCUT2D eigenvalue weighted by molar-refractivity contribution is -0.144. The van der Waals surface area contributed by atoms with Crippen LogP contribution >= 0.6 is 0 Å². The zero-order valence-corrected chi connectivity index (χ0v) is 28.2. The van der Waals surface area contributed by atoms with Crippen molar-refractivity contribution in [2.45, 2.75) is 43.2 Å². The van der Waals surface area contributed by atoms with E-state index < -0.39 is 85.7 Å². The first-order valence-corrected chi connectivity index (χ1v) is 16.9. The van der Waals surface area contributed by atoms with Crippen LogP contribution < -0.4 is 21.1 Å². The first kappa shape index (κ1) is 37.5. The van der Waals surface area contributed by atoms with Gasteiger partial charge in [-0.2, -0.15) is 0 Å². The van der Waals surface area contributed by atoms with Crippen LogP contribution in [0, 0.1) is 23.4 Å². The van der Waals surface area contributed by atoms with Crippen molar-refractivity contribution in [1.82, 2.24) is 4.90 Å². The maximum absolute atomic E-state index is 15.4. The number of amides is 3. The average molecular weight is 721 g/mol. The minimum absolute atomic E-state index is 0.00682. The van der Waals surface area contributed by atoms with E-state index in [0.29, 0.717) is 6.07 Å². The maximum atomic E-state index is 15.4. The molecule has 1 saturated heterocycles. The summed E-state index contributed by atoms with van der Waals surface area (Å²) in [5.74, 6) is -8.93. The highest BCUT2D eigenvalue weighted by Gasteiger charge is 2.51. The average Bonchev–Trinajstić information content (AvgIpc) is 3.53. The van der Waals surface area contributed by atoms with E-state index in [0.717, 1.165) is 30.2 Å². The molecule has 0 aliphatic carbocycles. The highest BCUT2D eigenvalue weighted by molar-refractivity contribution is 7.91. The Hall–Kier alpha value is -5.32. The number of nitrogens with two attached hydrogens (primary N) is 1. The van der Waals surface area contributed by atoms with E-state index in [-0.39, 0.29) is 46.8 Å². The number of hydrogen-bond acceptors (Lipinski definition) is 9. The first-order chi connectivity index (χ1) is 23.5. The molecule has 3 aromatic carbocycles. The van der Waals surface area contributed by atoms with Crippen LogP contribution in [-0.2, 0) is 29.7 Å². The summed E-state index contributed by atoms with van der Waals surface area (Å²) in [6.45, 7) is 2.63. The molecule has 4 rings (SSSR count). The number of nitrogens with one attached hydrogen (secondary N) is 2. The van der Waals surface area contributed by atoms with Crippen LogP contribution in [0.25, 0.3) is 0 Å². The molecule has 268 valence electrons. The lowest BCUT2D eigenvalue weighted by Gasteiger charge is -2.40. The number of carboxylic acids is 1. The molecule has 13 nitrogen and oxygen atoms in total. The Morgan fingerprint density at radius 3 is 2.28 bits per heavy atom. The fraction of sp³-hybridized carbons (Fsp3) is 0.333. The van der Waals surface area contributed by atoms with Crippen LogP contribution in [0.2, 0.25) is 0 Å². The van der Waals surface area contributed by atoms with Crippen LogP contribution in [0.3, 0.4) is 0 Å². The van der Waals surface area contributed by atoms with Crippen molar-refractivity contribution in [3.63, 3.8) is 0 Å². The maximum Gasteiger partial charge on any atom is 0.411 e. The number of rotatable bonds is 12. The molecule has 1 fully saturated rings. The van der Waals surface area contributed by atoms with Crippen molar-refractivity contribution in [1.29, 1.82) is 0 Å². The SMILES string of the molecule is CCC(Nc1cc(C(N)=O)c(F)cc1F)(C(=O)N1CCC(C(=O)O)C1c1cc(NC(=O)OC)ccc1S(=O)(=O)CC)c1ccc(F)c(OC)c1. The summed E-state index contributed by atoms with van der Waals surface area (Å²) < 4.78 is 81.0. The van der Waals surface area contributed by atoms with Crippen LogP contribution in [0.15, 0.2) is 53.4 Å². The van der Waals surface area contributed by atoms with Gasteiger partial charge < -0.3 is 30.5 Å². The van der Waals surface area contributed by atoms with Gasteiger partial charge in [0.05, 0.1) is 48.1 Å². The van der Waals surface area contributed by atoms with E-state index >= 15 is 9.18 Å². The number of sulfone groups is 1. The Kier molecular flexibility index (Phi) is 11.0. The summed E-state index contributed by atoms with van der Waals surface area (Å²) in [7, 11) is -1.80.